The van der Waals surface area contributed by atoms with E-state index in [1.165, 1.54) is 5.57 Å². The largest absolute Gasteiger partial charge is 0.488 e. The van der Waals surface area contributed by atoms with Crippen molar-refractivity contribution in [3.63, 3.8) is 0 Å². The highest BCUT2D eigenvalue weighted by atomic mass is 35.5. The van der Waals surface area contributed by atoms with Crippen LogP contribution in [0.25, 0.3) is 22.4 Å². The van der Waals surface area contributed by atoms with Crippen molar-refractivity contribution in [2.75, 3.05) is 13.2 Å². The van der Waals surface area contributed by atoms with Crippen molar-refractivity contribution in [3.8, 4) is 11.4 Å². The highest BCUT2D eigenvalue weighted by Gasteiger charge is 2.18. The Balaban J connectivity index is 1.47. The number of nitrogens with zero attached hydrogens (tertiary/aromatic N) is 5. The molecule has 0 bridgehead atoms. The van der Waals surface area contributed by atoms with Gasteiger partial charge in [-0.3, -0.25) is 4.98 Å². The van der Waals surface area contributed by atoms with Gasteiger partial charge < -0.3 is 14.2 Å². The van der Waals surface area contributed by atoms with Gasteiger partial charge in [0.1, 0.15) is 24.3 Å². The van der Waals surface area contributed by atoms with Crippen molar-refractivity contribution >= 4 is 34.3 Å². The molecule has 5 rings (SSSR count). The number of aromatic nitrogens is 4. The maximum Gasteiger partial charge on any atom is 0.234 e. The summed E-state index contributed by atoms with van der Waals surface area (Å²) in [7, 11) is 0. The van der Waals surface area contributed by atoms with E-state index >= 15 is 0 Å². The standard InChI is InChI=1S/C28H28ClN5O3/c1-18(2)14-35-16-24-32-27-21(10-11-23(31-27)26-22(29)9-6-12-30-26)28(33-24)34-25-17-36-15-20(37-25)13-19-7-4-3-5-8-19/h3-4,6-7,9-12,15,18H,5,8,13-14,16-17H2,1-2H3. The average Bonchev–Trinajstić information content (AvgIpc) is 2.89. The predicted molar refractivity (Wildman–Crippen MR) is 143 cm³/mol. The van der Waals surface area contributed by atoms with E-state index in [9.17, 15) is 0 Å². The Hall–Kier alpha value is -3.62. The first-order chi connectivity index (χ1) is 18.0. The molecule has 0 saturated heterocycles. The lowest BCUT2D eigenvalue weighted by Crippen LogP contribution is -2.17. The van der Waals surface area contributed by atoms with Gasteiger partial charge >= 0.3 is 0 Å². The summed E-state index contributed by atoms with van der Waals surface area (Å²) >= 11 is 6.36. The van der Waals surface area contributed by atoms with Crippen LogP contribution < -0.4 is 0 Å². The molecule has 0 N–H and O–H groups in total. The monoisotopic (exact) mass is 517 g/mol. The number of halogens is 1. The molecule has 0 amide bonds. The third kappa shape index (κ3) is 6.39. The summed E-state index contributed by atoms with van der Waals surface area (Å²) in [5, 5.41) is 1.19. The SMILES string of the molecule is CC(C)COCc1nc(N=C2COC=C(CC3=CC=CCC3)O2)c2ccc(-c3ncccc3Cl)nc2n1. The van der Waals surface area contributed by atoms with Gasteiger partial charge in [0.2, 0.25) is 5.90 Å². The number of allylic oxidation sites excluding steroid dienone is 4. The predicted octanol–water partition coefficient (Wildman–Crippen LogP) is 6.50. The highest BCUT2D eigenvalue weighted by Crippen LogP contribution is 2.29. The van der Waals surface area contributed by atoms with E-state index in [1.807, 2.05) is 12.1 Å². The Morgan fingerprint density at radius 2 is 2.08 bits per heavy atom. The fourth-order valence-corrected chi connectivity index (χ4v) is 4.18. The number of rotatable bonds is 8. The lowest BCUT2D eigenvalue weighted by Gasteiger charge is -2.19. The minimum absolute atomic E-state index is 0.211. The van der Waals surface area contributed by atoms with E-state index in [4.69, 9.17) is 35.8 Å². The first kappa shape index (κ1) is 25.0. The van der Waals surface area contributed by atoms with Gasteiger partial charge in [-0.15, -0.1) is 0 Å². The molecule has 37 heavy (non-hydrogen) atoms. The van der Waals surface area contributed by atoms with Crippen LogP contribution in [0, 0.1) is 5.92 Å². The van der Waals surface area contributed by atoms with E-state index in [-0.39, 0.29) is 13.2 Å². The topological polar surface area (TPSA) is 91.6 Å². The minimum Gasteiger partial charge on any atom is -0.488 e. The van der Waals surface area contributed by atoms with E-state index in [2.05, 4.69) is 47.0 Å². The van der Waals surface area contributed by atoms with Crippen LogP contribution in [0.3, 0.4) is 0 Å². The molecule has 3 aromatic heterocycles. The average molecular weight is 518 g/mol. The Morgan fingerprint density at radius 1 is 1.16 bits per heavy atom. The van der Waals surface area contributed by atoms with Gasteiger partial charge in [-0.25, -0.2) is 15.0 Å². The first-order valence-corrected chi connectivity index (χ1v) is 12.7. The number of hydrogen-bond donors (Lipinski definition) is 0. The molecule has 0 unspecified atom stereocenters. The molecule has 0 atom stereocenters. The number of fused-ring (bicyclic) bond motifs is 1. The molecule has 0 fully saturated rings. The summed E-state index contributed by atoms with van der Waals surface area (Å²) in [5.41, 5.74) is 2.96. The summed E-state index contributed by atoms with van der Waals surface area (Å²) in [5.74, 6) is 2.46. The quantitative estimate of drug-likeness (QED) is 0.337. The van der Waals surface area contributed by atoms with Crippen molar-refractivity contribution in [2.45, 2.75) is 39.7 Å². The molecule has 1 aliphatic heterocycles. The third-order valence-corrected chi connectivity index (χ3v) is 5.98. The van der Waals surface area contributed by atoms with Crippen molar-refractivity contribution in [3.05, 3.63) is 77.1 Å². The van der Waals surface area contributed by atoms with Crippen LogP contribution >= 0.6 is 11.6 Å². The van der Waals surface area contributed by atoms with Crippen molar-refractivity contribution in [1.29, 1.82) is 0 Å². The number of ether oxygens (including phenoxy) is 3. The molecule has 2 aliphatic rings. The normalized spacial score (nSPS) is 16.5. The van der Waals surface area contributed by atoms with Crippen LogP contribution in [-0.4, -0.2) is 39.0 Å². The molecular weight excluding hydrogens is 490 g/mol. The molecule has 190 valence electrons. The molecule has 1 aliphatic carbocycles. The Bertz CT molecular complexity index is 1410. The molecule has 4 heterocycles. The lowest BCUT2D eigenvalue weighted by molar-refractivity contribution is 0.0925. The molecule has 8 nitrogen and oxygen atoms in total. The fraction of sp³-hybridized carbons (Fsp3) is 0.321. The van der Waals surface area contributed by atoms with Crippen molar-refractivity contribution in [2.24, 2.45) is 10.9 Å². The number of hydrogen-bond acceptors (Lipinski definition) is 8. The van der Waals surface area contributed by atoms with Crippen LogP contribution in [0.4, 0.5) is 5.82 Å². The smallest absolute Gasteiger partial charge is 0.234 e. The molecule has 3 aromatic rings. The van der Waals surface area contributed by atoms with E-state index < -0.39 is 0 Å². The molecule has 0 radical (unpaired) electrons. The van der Waals surface area contributed by atoms with E-state index in [0.29, 0.717) is 63.9 Å². The van der Waals surface area contributed by atoms with Gasteiger partial charge in [0, 0.05) is 19.2 Å². The van der Waals surface area contributed by atoms with Gasteiger partial charge in [0.05, 0.1) is 16.1 Å². The van der Waals surface area contributed by atoms with Crippen LogP contribution in [-0.2, 0) is 20.8 Å². The van der Waals surface area contributed by atoms with E-state index in [1.54, 1.807) is 24.6 Å². The van der Waals surface area contributed by atoms with Gasteiger partial charge in [-0.2, -0.15) is 4.99 Å². The van der Waals surface area contributed by atoms with Crippen LogP contribution in [0.5, 0.6) is 0 Å². The number of aliphatic imine (C=N–C) groups is 1. The Labute approximate surface area is 220 Å². The maximum atomic E-state index is 6.36. The van der Waals surface area contributed by atoms with E-state index in [0.717, 1.165) is 18.6 Å². The van der Waals surface area contributed by atoms with Crippen molar-refractivity contribution in [1.82, 2.24) is 19.9 Å². The second-order valence-electron chi connectivity index (χ2n) is 9.25. The summed E-state index contributed by atoms with van der Waals surface area (Å²) in [6.07, 6.45) is 12.4. The summed E-state index contributed by atoms with van der Waals surface area (Å²) < 4.78 is 17.5. The zero-order valence-corrected chi connectivity index (χ0v) is 21.6. The molecule has 0 saturated carbocycles. The summed E-state index contributed by atoms with van der Waals surface area (Å²) in [6, 6.07) is 7.28. The van der Waals surface area contributed by atoms with Crippen LogP contribution in [0.2, 0.25) is 5.02 Å². The van der Waals surface area contributed by atoms with Crippen LogP contribution in [0.15, 0.2) is 71.3 Å². The summed E-state index contributed by atoms with van der Waals surface area (Å²) in [4.78, 5) is 23.2. The summed E-state index contributed by atoms with van der Waals surface area (Å²) in [6.45, 7) is 5.23. The second kappa shape index (κ2) is 11.6. The van der Waals surface area contributed by atoms with Crippen molar-refractivity contribution < 1.29 is 14.2 Å². The maximum absolute atomic E-state index is 6.36. The minimum atomic E-state index is 0.211. The Kier molecular flexibility index (Phi) is 7.87. The van der Waals surface area contributed by atoms with Gasteiger partial charge in [-0.1, -0.05) is 49.2 Å². The zero-order valence-electron chi connectivity index (χ0n) is 20.9. The van der Waals surface area contributed by atoms with Gasteiger partial charge in [0.15, 0.2) is 23.9 Å². The zero-order chi connectivity index (χ0) is 25.6. The Morgan fingerprint density at radius 3 is 2.89 bits per heavy atom. The molecule has 9 heteroatoms. The molecule has 0 aromatic carbocycles. The number of pyridine rings is 2. The third-order valence-electron chi connectivity index (χ3n) is 5.67. The highest BCUT2D eigenvalue weighted by molar-refractivity contribution is 6.32. The van der Waals surface area contributed by atoms with Gasteiger partial charge in [0.25, 0.3) is 0 Å². The fourth-order valence-electron chi connectivity index (χ4n) is 3.96. The first-order valence-electron chi connectivity index (χ1n) is 12.3. The second-order valence-corrected chi connectivity index (χ2v) is 9.65. The van der Waals surface area contributed by atoms with Gasteiger partial charge in [-0.05, 0) is 43.0 Å². The lowest BCUT2D eigenvalue weighted by atomic mass is 10.0. The van der Waals surface area contributed by atoms with Crippen LogP contribution in [0.1, 0.15) is 38.9 Å². The molecular formula is C28H28ClN5O3. The molecule has 0 spiro atoms.